The predicted octanol–water partition coefficient (Wildman–Crippen LogP) is 2.18. The first-order chi connectivity index (χ1) is 6.50. The molecule has 2 N–H and O–H groups in total. The summed E-state index contributed by atoms with van der Waals surface area (Å²) in [5, 5.41) is 12.1. The Kier molecular flexibility index (Phi) is 3.36. The van der Waals surface area contributed by atoms with E-state index in [0.717, 1.165) is 0 Å². The van der Waals surface area contributed by atoms with Gasteiger partial charge in [0, 0.05) is 6.04 Å². The number of phenols is 1. The zero-order valence-electron chi connectivity index (χ0n) is 8.04. The molecule has 0 heterocycles. The molecule has 0 saturated carbocycles. The smallest absolute Gasteiger partial charge is 0.252 e. The molecule has 0 spiro atoms. The highest BCUT2D eigenvalue weighted by atomic mass is 35.5. The first-order valence-electron chi connectivity index (χ1n) is 4.30. The maximum Gasteiger partial charge on any atom is 0.252 e. The number of carbonyl (C=O) groups excluding carboxylic acids is 1. The maximum atomic E-state index is 11.5. The van der Waals surface area contributed by atoms with Gasteiger partial charge in [-0.3, -0.25) is 4.79 Å². The monoisotopic (exact) mass is 213 g/mol. The second-order valence-electron chi connectivity index (χ2n) is 3.29. The van der Waals surface area contributed by atoms with E-state index in [1.165, 1.54) is 18.2 Å². The maximum absolute atomic E-state index is 11.5. The van der Waals surface area contributed by atoms with E-state index in [1.807, 2.05) is 13.8 Å². The van der Waals surface area contributed by atoms with E-state index in [9.17, 15) is 4.79 Å². The summed E-state index contributed by atoms with van der Waals surface area (Å²) in [5.41, 5.74) is 0.373. The van der Waals surface area contributed by atoms with E-state index in [2.05, 4.69) is 5.32 Å². The molecule has 0 radical (unpaired) electrons. The summed E-state index contributed by atoms with van der Waals surface area (Å²) in [6.45, 7) is 3.73. The molecule has 76 valence electrons. The van der Waals surface area contributed by atoms with Gasteiger partial charge in [0.15, 0.2) is 0 Å². The van der Waals surface area contributed by atoms with E-state index in [0.29, 0.717) is 5.56 Å². The van der Waals surface area contributed by atoms with Crippen LogP contribution in [-0.2, 0) is 0 Å². The lowest BCUT2D eigenvalue weighted by molar-refractivity contribution is 0.0943. The number of aromatic hydroxyl groups is 1. The van der Waals surface area contributed by atoms with Crippen molar-refractivity contribution in [2.24, 2.45) is 0 Å². The van der Waals surface area contributed by atoms with Gasteiger partial charge in [-0.05, 0) is 32.0 Å². The number of rotatable bonds is 2. The number of carbonyl (C=O) groups is 1. The van der Waals surface area contributed by atoms with Crippen LogP contribution in [0.3, 0.4) is 0 Å². The Hall–Kier alpha value is -1.22. The molecule has 1 amide bonds. The minimum atomic E-state index is -0.231. The second-order valence-corrected chi connectivity index (χ2v) is 3.70. The van der Waals surface area contributed by atoms with Crippen LogP contribution >= 0.6 is 11.6 Å². The zero-order valence-corrected chi connectivity index (χ0v) is 8.80. The van der Waals surface area contributed by atoms with Crippen molar-refractivity contribution in [1.29, 1.82) is 0 Å². The molecule has 1 aromatic carbocycles. The molecule has 0 unspecified atom stereocenters. The minimum absolute atomic E-state index is 0.0519. The van der Waals surface area contributed by atoms with Crippen LogP contribution in [0.5, 0.6) is 5.75 Å². The highest BCUT2D eigenvalue weighted by Gasteiger charge is 2.11. The minimum Gasteiger partial charge on any atom is -0.508 e. The van der Waals surface area contributed by atoms with Crippen LogP contribution in [0.25, 0.3) is 0 Å². The van der Waals surface area contributed by atoms with Gasteiger partial charge in [0.05, 0.1) is 10.6 Å². The van der Waals surface area contributed by atoms with Crippen LogP contribution < -0.4 is 5.32 Å². The molecule has 0 aliphatic rings. The summed E-state index contributed by atoms with van der Waals surface area (Å²) < 4.78 is 0. The Labute approximate surface area is 87.7 Å². The van der Waals surface area contributed by atoms with E-state index in [1.54, 1.807) is 0 Å². The van der Waals surface area contributed by atoms with Crippen LogP contribution in [-0.4, -0.2) is 17.1 Å². The Morgan fingerprint density at radius 2 is 2.14 bits per heavy atom. The lowest BCUT2D eigenvalue weighted by Gasteiger charge is -2.09. The third kappa shape index (κ3) is 2.64. The van der Waals surface area contributed by atoms with Crippen molar-refractivity contribution in [3.05, 3.63) is 28.8 Å². The van der Waals surface area contributed by atoms with Gasteiger partial charge in [-0.15, -0.1) is 0 Å². The predicted molar refractivity (Wildman–Crippen MR) is 55.7 cm³/mol. The van der Waals surface area contributed by atoms with Gasteiger partial charge in [0.2, 0.25) is 0 Å². The third-order valence-corrected chi connectivity index (χ3v) is 1.93. The Morgan fingerprint density at radius 3 is 2.64 bits per heavy atom. The van der Waals surface area contributed by atoms with Crippen LogP contribution in [0, 0.1) is 0 Å². The first kappa shape index (κ1) is 10.9. The van der Waals surface area contributed by atoms with Gasteiger partial charge in [0.1, 0.15) is 5.75 Å². The topological polar surface area (TPSA) is 49.3 Å². The largest absolute Gasteiger partial charge is 0.508 e. The van der Waals surface area contributed by atoms with Crippen molar-refractivity contribution in [1.82, 2.24) is 5.32 Å². The fourth-order valence-corrected chi connectivity index (χ4v) is 1.29. The molecule has 0 aromatic heterocycles. The van der Waals surface area contributed by atoms with E-state index >= 15 is 0 Å². The zero-order chi connectivity index (χ0) is 10.7. The van der Waals surface area contributed by atoms with Gasteiger partial charge >= 0.3 is 0 Å². The number of nitrogens with one attached hydrogen (secondary N) is 1. The van der Waals surface area contributed by atoms with Gasteiger partial charge in [-0.25, -0.2) is 0 Å². The number of phenolic OH excluding ortho intramolecular Hbond substituents is 1. The van der Waals surface area contributed by atoms with Crippen molar-refractivity contribution in [2.75, 3.05) is 0 Å². The number of benzene rings is 1. The van der Waals surface area contributed by atoms with Crippen LogP contribution in [0.2, 0.25) is 5.02 Å². The summed E-state index contributed by atoms with van der Waals surface area (Å²) in [6, 6.07) is 4.33. The molecule has 0 fully saturated rings. The van der Waals surface area contributed by atoms with Gasteiger partial charge in [0.25, 0.3) is 5.91 Å². The Bertz CT molecular complexity index is 350. The number of amides is 1. The van der Waals surface area contributed by atoms with Crippen molar-refractivity contribution in [3.8, 4) is 5.75 Å². The molecular weight excluding hydrogens is 202 g/mol. The molecule has 0 atom stereocenters. The Morgan fingerprint density at radius 1 is 1.50 bits per heavy atom. The van der Waals surface area contributed by atoms with Gasteiger partial charge in [-0.1, -0.05) is 11.6 Å². The SMILES string of the molecule is CC(C)NC(=O)c1ccc(O)cc1Cl. The fraction of sp³-hybridized carbons (Fsp3) is 0.300. The molecule has 1 rings (SSSR count). The average molecular weight is 214 g/mol. The molecule has 14 heavy (non-hydrogen) atoms. The molecule has 0 saturated heterocycles. The quantitative estimate of drug-likeness (QED) is 0.791. The van der Waals surface area contributed by atoms with Gasteiger partial charge in [-0.2, -0.15) is 0 Å². The van der Waals surface area contributed by atoms with Crippen LogP contribution in [0.4, 0.5) is 0 Å². The van der Waals surface area contributed by atoms with Crippen molar-refractivity contribution in [2.45, 2.75) is 19.9 Å². The molecule has 0 aliphatic heterocycles. The molecule has 4 heteroatoms. The molecular formula is C10H12ClNO2. The fourth-order valence-electron chi connectivity index (χ4n) is 1.03. The lowest BCUT2D eigenvalue weighted by Crippen LogP contribution is -2.30. The number of hydrogen-bond acceptors (Lipinski definition) is 2. The van der Waals surface area contributed by atoms with Crippen molar-refractivity contribution >= 4 is 17.5 Å². The molecule has 0 aliphatic carbocycles. The van der Waals surface area contributed by atoms with Crippen molar-refractivity contribution in [3.63, 3.8) is 0 Å². The Balaban J connectivity index is 2.90. The number of halogens is 1. The van der Waals surface area contributed by atoms with E-state index < -0.39 is 0 Å². The highest BCUT2D eigenvalue weighted by molar-refractivity contribution is 6.34. The summed E-state index contributed by atoms with van der Waals surface area (Å²) in [4.78, 5) is 11.5. The van der Waals surface area contributed by atoms with Crippen LogP contribution in [0.15, 0.2) is 18.2 Å². The molecule has 3 nitrogen and oxygen atoms in total. The normalized spacial score (nSPS) is 10.3. The van der Waals surface area contributed by atoms with Gasteiger partial charge < -0.3 is 10.4 Å². The van der Waals surface area contributed by atoms with E-state index in [4.69, 9.17) is 16.7 Å². The summed E-state index contributed by atoms with van der Waals surface area (Å²) in [5.74, 6) is -0.180. The van der Waals surface area contributed by atoms with Crippen LogP contribution in [0.1, 0.15) is 24.2 Å². The van der Waals surface area contributed by atoms with Crippen molar-refractivity contribution < 1.29 is 9.90 Å². The number of hydrogen-bond donors (Lipinski definition) is 2. The molecule has 0 bridgehead atoms. The highest BCUT2D eigenvalue weighted by Crippen LogP contribution is 2.21. The lowest BCUT2D eigenvalue weighted by atomic mass is 10.2. The third-order valence-electron chi connectivity index (χ3n) is 1.62. The summed E-state index contributed by atoms with van der Waals surface area (Å²) >= 11 is 5.79. The summed E-state index contributed by atoms with van der Waals surface area (Å²) in [7, 11) is 0. The average Bonchev–Trinajstić information content (AvgIpc) is 2.01. The molecule has 1 aromatic rings. The second kappa shape index (κ2) is 4.33. The summed E-state index contributed by atoms with van der Waals surface area (Å²) in [6.07, 6.45) is 0. The standard InChI is InChI=1S/C10H12ClNO2/c1-6(2)12-10(14)8-4-3-7(13)5-9(8)11/h3-6,13H,1-2H3,(H,12,14). The van der Waals surface area contributed by atoms with E-state index in [-0.39, 0.29) is 22.7 Å². The first-order valence-corrected chi connectivity index (χ1v) is 4.68.